The zero-order chi connectivity index (χ0) is 17.5. The number of alkyl halides is 2. The summed E-state index contributed by atoms with van der Waals surface area (Å²) in [4.78, 5) is 13.3. The lowest BCUT2D eigenvalue weighted by molar-refractivity contribution is -0.149. The summed E-state index contributed by atoms with van der Waals surface area (Å²) in [6, 6.07) is 5.38. The van der Waals surface area contributed by atoms with Crippen molar-refractivity contribution in [2.45, 2.75) is 36.5 Å². The van der Waals surface area contributed by atoms with Gasteiger partial charge in [-0.3, -0.25) is 9.69 Å². The van der Waals surface area contributed by atoms with E-state index in [4.69, 9.17) is 0 Å². The molecule has 25 heavy (non-hydrogen) atoms. The Hall–Kier alpha value is -1.25. The maximum Gasteiger partial charge on any atom is 0.341 e. The summed E-state index contributed by atoms with van der Waals surface area (Å²) in [5, 5.41) is 9.57. The summed E-state index contributed by atoms with van der Waals surface area (Å²) in [5.41, 5.74) is 0.114. The van der Waals surface area contributed by atoms with Crippen LogP contribution in [0.15, 0.2) is 29.2 Å². The Morgan fingerprint density at radius 1 is 1.32 bits per heavy atom. The van der Waals surface area contributed by atoms with E-state index < -0.39 is 31.9 Å². The standard InChI is InChI=1S/C16H19F2NO4S.ClH/c17-15(18)24(22,23)13-5-3-11(4-6-13)8-19-9-12-2-1-7-16(12,10-19)14(20)21;/h3-6,12,15H,1-2,7-10H2,(H,20,21);1H/t12-,16+;/m0./s1. The smallest absolute Gasteiger partial charge is 0.341 e. The minimum atomic E-state index is -4.58. The van der Waals surface area contributed by atoms with E-state index in [2.05, 4.69) is 4.90 Å². The van der Waals surface area contributed by atoms with Gasteiger partial charge in [-0.05, 0) is 36.5 Å². The molecule has 5 nitrogen and oxygen atoms in total. The fourth-order valence-electron chi connectivity index (χ4n) is 4.01. The van der Waals surface area contributed by atoms with Crippen molar-refractivity contribution in [3.05, 3.63) is 29.8 Å². The van der Waals surface area contributed by atoms with Crippen LogP contribution < -0.4 is 0 Å². The largest absolute Gasteiger partial charge is 0.481 e. The average molecular weight is 396 g/mol. The van der Waals surface area contributed by atoms with E-state index >= 15 is 0 Å². The van der Waals surface area contributed by atoms with Crippen molar-refractivity contribution in [2.75, 3.05) is 13.1 Å². The fraction of sp³-hybridized carbons (Fsp3) is 0.562. The van der Waals surface area contributed by atoms with Crippen molar-refractivity contribution in [1.82, 2.24) is 4.90 Å². The second kappa shape index (κ2) is 7.17. The van der Waals surface area contributed by atoms with Gasteiger partial charge in [-0.1, -0.05) is 18.6 Å². The van der Waals surface area contributed by atoms with Crippen LogP contribution in [0.25, 0.3) is 0 Å². The van der Waals surface area contributed by atoms with Gasteiger partial charge in [0.2, 0.25) is 9.84 Å². The van der Waals surface area contributed by atoms with Crippen molar-refractivity contribution in [3.63, 3.8) is 0 Å². The van der Waals surface area contributed by atoms with E-state index in [1.165, 1.54) is 24.3 Å². The Morgan fingerprint density at radius 2 is 1.96 bits per heavy atom. The number of halogens is 3. The average Bonchev–Trinajstić information content (AvgIpc) is 3.05. The van der Waals surface area contributed by atoms with Crippen LogP contribution in [0.4, 0.5) is 8.78 Å². The quantitative estimate of drug-likeness (QED) is 0.829. The highest BCUT2D eigenvalue weighted by Crippen LogP contribution is 2.49. The van der Waals surface area contributed by atoms with Crippen LogP contribution in [0.5, 0.6) is 0 Å². The predicted octanol–water partition coefficient (Wildman–Crippen LogP) is 2.79. The molecule has 0 aromatic heterocycles. The molecule has 0 radical (unpaired) electrons. The summed E-state index contributed by atoms with van der Waals surface area (Å²) in [5.74, 6) is -4.03. The van der Waals surface area contributed by atoms with Gasteiger partial charge in [0.1, 0.15) is 0 Å². The van der Waals surface area contributed by atoms with Gasteiger partial charge < -0.3 is 5.11 Å². The third-order valence-electron chi connectivity index (χ3n) is 5.26. The SMILES string of the molecule is Cl.O=C(O)[C@@]12CCC[C@H]1CN(Cc1ccc(S(=O)(=O)C(F)F)cc1)C2. The molecule has 2 atom stereocenters. The van der Waals surface area contributed by atoms with E-state index in [1.54, 1.807) is 0 Å². The van der Waals surface area contributed by atoms with Crippen molar-refractivity contribution >= 4 is 28.2 Å². The maximum atomic E-state index is 12.5. The third kappa shape index (κ3) is 3.52. The van der Waals surface area contributed by atoms with Crippen LogP contribution in [0.3, 0.4) is 0 Å². The van der Waals surface area contributed by atoms with E-state index in [-0.39, 0.29) is 18.3 Å². The number of hydrogen-bond donors (Lipinski definition) is 1. The number of carbonyl (C=O) groups is 1. The van der Waals surface area contributed by atoms with Crippen molar-refractivity contribution < 1.29 is 27.1 Å². The van der Waals surface area contributed by atoms with Gasteiger partial charge in [0.05, 0.1) is 10.3 Å². The highest BCUT2D eigenvalue weighted by Gasteiger charge is 2.54. The lowest BCUT2D eigenvalue weighted by atomic mass is 9.81. The molecule has 0 amide bonds. The van der Waals surface area contributed by atoms with Gasteiger partial charge >= 0.3 is 11.7 Å². The van der Waals surface area contributed by atoms with Gasteiger partial charge in [-0.15, -0.1) is 12.4 Å². The second-order valence-corrected chi connectivity index (χ2v) is 8.59. The molecule has 0 unspecified atom stereocenters. The van der Waals surface area contributed by atoms with Gasteiger partial charge in [-0.25, -0.2) is 8.42 Å². The highest BCUT2D eigenvalue weighted by atomic mass is 35.5. The number of rotatable bonds is 5. The molecular weight excluding hydrogens is 376 g/mol. The molecule has 2 fully saturated rings. The molecule has 1 saturated carbocycles. The van der Waals surface area contributed by atoms with Gasteiger partial charge in [0.15, 0.2) is 0 Å². The topological polar surface area (TPSA) is 74.7 Å². The zero-order valence-electron chi connectivity index (χ0n) is 13.4. The molecule has 1 aromatic carbocycles. The molecular formula is C16H20ClF2NO4S. The molecule has 1 aliphatic heterocycles. The Bertz CT molecular complexity index is 741. The Labute approximate surface area is 151 Å². The molecule has 0 bridgehead atoms. The van der Waals surface area contributed by atoms with Gasteiger partial charge in [-0.2, -0.15) is 8.78 Å². The van der Waals surface area contributed by atoms with E-state index in [1.807, 2.05) is 0 Å². The number of fused-ring (bicyclic) bond motifs is 1. The van der Waals surface area contributed by atoms with Crippen LogP contribution >= 0.6 is 12.4 Å². The first-order chi connectivity index (χ1) is 11.3. The number of carboxylic acids is 1. The molecule has 3 rings (SSSR count). The number of nitrogens with zero attached hydrogens (tertiary/aromatic N) is 1. The van der Waals surface area contributed by atoms with Gasteiger partial charge in [0, 0.05) is 19.6 Å². The maximum absolute atomic E-state index is 12.5. The number of carboxylic acid groups (broad SMARTS) is 1. The summed E-state index contributed by atoms with van der Waals surface area (Å²) >= 11 is 0. The summed E-state index contributed by atoms with van der Waals surface area (Å²) in [6.45, 7) is 1.66. The minimum Gasteiger partial charge on any atom is -0.481 e. The Morgan fingerprint density at radius 3 is 2.48 bits per heavy atom. The van der Waals surface area contributed by atoms with Crippen molar-refractivity contribution in [1.29, 1.82) is 0 Å². The first kappa shape index (κ1) is 20.1. The lowest BCUT2D eigenvalue weighted by Gasteiger charge is -2.23. The second-order valence-electron chi connectivity index (χ2n) is 6.67. The third-order valence-corrected chi connectivity index (χ3v) is 6.66. The molecule has 1 saturated heterocycles. The first-order valence-electron chi connectivity index (χ1n) is 7.82. The highest BCUT2D eigenvalue weighted by molar-refractivity contribution is 7.91. The predicted molar refractivity (Wildman–Crippen MR) is 89.6 cm³/mol. The Kier molecular flexibility index (Phi) is 5.75. The normalized spacial score (nSPS) is 26.4. The Balaban J connectivity index is 0.00000225. The van der Waals surface area contributed by atoms with Gasteiger partial charge in [0.25, 0.3) is 0 Å². The summed E-state index contributed by atoms with van der Waals surface area (Å²) in [7, 11) is -4.58. The molecule has 1 aromatic rings. The lowest BCUT2D eigenvalue weighted by Crippen LogP contribution is -2.35. The molecule has 1 heterocycles. The zero-order valence-corrected chi connectivity index (χ0v) is 15.0. The van der Waals surface area contributed by atoms with Crippen LogP contribution in [-0.2, 0) is 21.2 Å². The number of sulfone groups is 1. The van der Waals surface area contributed by atoms with E-state index in [0.29, 0.717) is 26.1 Å². The molecule has 2 aliphatic rings. The van der Waals surface area contributed by atoms with Crippen LogP contribution in [-0.4, -0.2) is 43.2 Å². The van der Waals surface area contributed by atoms with Crippen molar-refractivity contribution in [3.8, 4) is 0 Å². The molecule has 1 aliphatic carbocycles. The minimum absolute atomic E-state index is 0. The molecule has 9 heteroatoms. The summed E-state index contributed by atoms with van der Waals surface area (Å²) < 4.78 is 47.9. The van der Waals surface area contributed by atoms with Crippen molar-refractivity contribution in [2.24, 2.45) is 11.3 Å². The number of hydrogen-bond acceptors (Lipinski definition) is 4. The first-order valence-corrected chi connectivity index (χ1v) is 9.37. The molecule has 0 spiro atoms. The number of likely N-dealkylation sites (tertiary alicyclic amines) is 1. The monoisotopic (exact) mass is 395 g/mol. The van der Waals surface area contributed by atoms with Crippen LogP contribution in [0.2, 0.25) is 0 Å². The van der Waals surface area contributed by atoms with E-state index in [9.17, 15) is 27.1 Å². The van der Waals surface area contributed by atoms with Crippen LogP contribution in [0, 0.1) is 11.3 Å². The molecule has 140 valence electrons. The van der Waals surface area contributed by atoms with Crippen LogP contribution in [0.1, 0.15) is 24.8 Å². The summed E-state index contributed by atoms with van der Waals surface area (Å²) in [6.07, 6.45) is 2.54. The number of benzene rings is 1. The molecule has 1 N–H and O–H groups in total. The number of aliphatic carboxylic acids is 1. The van der Waals surface area contributed by atoms with E-state index in [0.717, 1.165) is 18.4 Å². The fourth-order valence-corrected chi connectivity index (χ4v) is 4.73.